The van der Waals surface area contributed by atoms with E-state index >= 15 is 0 Å². The topological polar surface area (TPSA) is 68.0 Å². The Morgan fingerprint density at radius 1 is 1.21 bits per heavy atom. The van der Waals surface area contributed by atoms with E-state index in [1.54, 1.807) is 19.2 Å². The molecule has 0 aliphatic heterocycles. The minimum absolute atomic E-state index is 0.185. The van der Waals surface area contributed by atoms with Crippen LogP contribution < -0.4 is 11.1 Å². The number of nitrogens with two attached hydrogens (primary N) is 1. The number of hydrogen-bond acceptors (Lipinski definition) is 3. The highest BCUT2D eigenvalue weighted by molar-refractivity contribution is 6.06. The molecule has 3 N–H and O–H groups in total. The summed E-state index contributed by atoms with van der Waals surface area (Å²) in [5, 5.41) is 2.93. The first-order valence-electron chi connectivity index (χ1n) is 6.08. The van der Waals surface area contributed by atoms with Crippen molar-refractivity contribution in [1.82, 2.24) is 4.98 Å². The van der Waals surface area contributed by atoms with Crippen LogP contribution >= 0.6 is 0 Å². The standard InChI is InChI=1S/C15H17N3O/c1-9-5-4-6-10(2)14(9)18-15(19)13-7-12(16)8-17-11(13)3/h4-8H,16H2,1-3H3,(H,18,19). The molecule has 4 nitrogen and oxygen atoms in total. The molecule has 0 bridgehead atoms. The van der Waals surface area contributed by atoms with E-state index in [-0.39, 0.29) is 5.91 Å². The van der Waals surface area contributed by atoms with E-state index in [4.69, 9.17) is 5.73 Å². The number of aromatic nitrogens is 1. The first kappa shape index (κ1) is 13.1. The lowest BCUT2D eigenvalue weighted by Gasteiger charge is -2.12. The molecule has 1 amide bonds. The van der Waals surface area contributed by atoms with Crippen LogP contribution in [-0.4, -0.2) is 10.9 Å². The fourth-order valence-electron chi connectivity index (χ4n) is 1.97. The molecule has 0 aliphatic carbocycles. The molecule has 0 atom stereocenters. The van der Waals surface area contributed by atoms with E-state index in [0.717, 1.165) is 16.8 Å². The van der Waals surface area contributed by atoms with Crippen LogP contribution in [0.15, 0.2) is 30.5 Å². The third kappa shape index (κ3) is 2.73. The van der Waals surface area contributed by atoms with Crippen LogP contribution in [0.2, 0.25) is 0 Å². The second-order valence-corrected chi connectivity index (χ2v) is 4.62. The Hall–Kier alpha value is -2.36. The Balaban J connectivity index is 2.34. The summed E-state index contributed by atoms with van der Waals surface area (Å²) in [6, 6.07) is 7.54. The predicted octanol–water partition coefficient (Wildman–Crippen LogP) is 2.84. The molecule has 0 saturated heterocycles. The molecule has 98 valence electrons. The lowest BCUT2D eigenvalue weighted by molar-refractivity contribution is 0.102. The number of benzene rings is 1. The lowest BCUT2D eigenvalue weighted by atomic mass is 10.1. The first-order chi connectivity index (χ1) is 8.99. The highest BCUT2D eigenvalue weighted by atomic mass is 16.1. The number of rotatable bonds is 2. The summed E-state index contributed by atoms with van der Waals surface area (Å²) in [4.78, 5) is 16.4. The Morgan fingerprint density at radius 3 is 2.47 bits per heavy atom. The zero-order valence-corrected chi connectivity index (χ0v) is 11.3. The summed E-state index contributed by atoms with van der Waals surface area (Å²) in [5.41, 5.74) is 10.2. The Kier molecular flexibility index (Phi) is 3.51. The van der Waals surface area contributed by atoms with Crippen LogP contribution in [0.1, 0.15) is 27.2 Å². The normalized spacial score (nSPS) is 10.3. The van der Waals surface area contributed by atoms with Crippen LogP contribution in [0.25, 0.3) is 0 Å². The maximum atomic E-state index is 12.3. The Labute approximate surface area is 112 Å². The molecular formula is C15H17N3O. The van der Waals surface area contributed by atoms with Crippen LogP contribution in [0.3, 0.4) is 0 Å². The maximum absolute atomic E-state index is 12.3. The van der Waals surface area contributed by atoms with E-state index in [0.29, 0.717) is 16.9 Å². The van der Waals surface area contributed by atoms with Gasteiger partial charge in [0, 0.05) is 5.69 Å². The second kappa shape index (κ2) is 5.10. The van der Waals surface area contributed by atoms with Gasteiger partial charge in [0.15, 0.2) is 0 Å². The molecule has 0 unspecified atom stereocenters. The molecule has 2 aromatic rings. The molecule has 19 heavy (non-hydrogen) atoms. The first-order valence-corrected chi connectivity index (χ1v) is 6.08. The van der Waals surface area contributed by atoms with Gasteiger partial charge in [-0.2, -0.15) is 0 Å². The summed E-state index contributed by atoms with van der Waals surface area (Å²) in [7, 11) is 0. The smallest absolute Gasteiger partial charge is 0.257 e. The number of aryl methyl sites for hydroxylation is 3. The molecule has 0 aliphatic rings. The van der Waals surface area contributed by atoms with Crippen molar-refractivity contribution < 1.29 is 4.79 Å². The Morgan fingerprint density at radius 2 is 1.84 bits per heavy atom. The number of carbonyl (C=O) groups is 1. The molecule has 0 saturated carbocycles. The summed E-state index contributed by atoms with van der Waals surface area (Å²) in [6.45, 7) is 5.72. The third-order valence-corrected chi connectivity index (χ3v) is 3.07. The van der Waals surface area contributed by atoms with Crippen molar-refractivity contribution in [1.29, 1.82) is 0 Å². The number of hydrogen-bond donors (Lipinski definition) is 2. The SMILES string of the molecule is Cc1cccc(C)c1NC(=O)c1cc(N)cnc1C. The minimum Gasteiger partial charge on any atom is -0.397 e. The van der Waals surface area contributed by atoms with Crippen LogP contribution in [0, 0.1) is 20.8 Å². The molecule has 4 heteroatoms. The minimum atomic E-state index is -0.185. The third-order valence-electron chi connectivity index (χ3n) is 3.07. The van der Waals surface area contributed by atoms with E-state index in [2.05, 4.69) is 10.3 Å². The summed E-state index contributed by atoms with van der Waals surface area (Å²) in [6.07, 6.45) is 1.55. The number of nitrogens with one attached hydrogen (secondary N) is 1. The van der Waals surface area contributed by atoms with E-state index in [1.165, 1.54) is 0 Å². The highest BCUT2D eigenvalue weighted by Gasteiger charge is 2.12. The Bertz CT molecular complexity index is 615. The largest absolute Gasteiger partial charge is 0.397 e. The van der Waals surface area contributed by atoms with Gasteiger partial charge in [-0.15, -0.1) is 0 Å². The quantitative estimate of drug-likeness (QED) is 0.867. The van der Waals surface area contributed by atoms with Gasteiger partial charge in [0.2, 0.25) is 0 Å². The van der Waals surface area contributed by atoms with Crippen LogP contribution in [0.5, 0.6) is 0 Å². The molecule has 1 heterocycles. The van der Waals surface area contributed by atoms with Gasteiger partial charge >= 0.3 is 0 Å². The molecule has 2 rings (SSSR count). The van der Waals surface area contributed by atoms with E-state index < -0.39 is 0 Å². The zero-order valence-electron chi connectivity index (χ0n) is 11.3. The predicted molar refractivity (Wildman–Crippen MR) is 77.3 cm³/mol. The van der Waals surface area contributed by atoms with Crippen molar-refractivity contribution in [2.24, 2.45) is 0 Å². The van der Waals surface area contributed by atoms with Crippen molar-refractivity contribution in [3.63, 3.8) is 0 Å². The van der Waals surface area contributed by atoms with Crippen molar-refractivity contribution in [3.8, 4) is 0 Å². The fraction of sp³-hybridized carbons (Fsp3) is 0.200. The van der Waals surface area contributed by atoms with Crippen LogP contribution in [0.4, 0.5) is 11.4 Å². The molecule has 0 radical (unpaired) electrons. The summed E-state index contributed by atoms with van der Waals surface area (Å²) in [5.74, 6) is -0.185. The van der Waals surface area contributed by atoms with Crippen molar-refractivity contribution in [3.05, 3.63) is 52.8 Å². The van der Waals surface area contributed by atoms with Gasteiger partial charge in [-0.1, -0.05) is 18.2 Å². The second-order valence-electron chi connectivity index (χ2n) is 4.62. The number of pyridine rings is 1. The van der Waals surface area contributed by atoms with Gasteiger partial charge in [0.05, 0.1) is 23.1 Å². The highest BCUT2D eigenvalue weighted by Crippen LogP contribution is 2.21. The van der Waals surface area contributed by atoms with Gasteiger partial charge in [0.25, 0.3) is 5.91 Å². The number of nitrogen functional groups attached to an aromatic ring is 1. The van der Waals surface area contributed by atoms with Crippen molar-refractivity contribution in [2.45, 2.75) is 20.8 Å². The van der Waals surface area contributed by atoms with Gasteiger partial charge in [-0.3, -0.25) is 9.78 Å². The van der Waals surface area contributed by atoms with Crippen molar-refractivity contribution >= 4 is 17.3 Å². The molecule has 0 fully saturated rings. The van der Waals surface area contributed by atoms with E-state index in [1.807, 2.05) is 32.0 Å². The summed E-state index contributed by atoms with van der Waals surface area (Å²) >= 11 is 0. The lowest BCUT2D eigenvalue weighted by Crippen LogP contribution is -2.16. The fourth-order valence-corrected chi connectivity index (χ4v) is 1.97. The maximum Gasteiger partial charge on any atom is 0.257 e. The number of amides is 1. The molecule has 0 spiro atoms. The number of nitrogens with zero attached hydrogens (tertiary/aromatic N) is 1. The molecular weight excluding hydrogens is 238 g/mol. The molecule has 1 aromatic heterocycles. The average molecular weight is 255 g/mol. The summed E-state index contributed by atoms with van der Waals surface area (Å²) < 4.78 is 0. The van der Waals surface area contributed by atoms with Gasteiger partial charge in [0.1, 0.15) is 0 Å². The number of para-hydroxylation sites is 1. The van der Waals surface area contributed by atoms with Gasteiger partial charge in [-0.05, 0) is 38.0 Å². The molecule has 1 aromatic carbocycles. The van der Waals surface area contributed by atoms with Crippen LogP contribution in [-0.2, 0) is 0 Å². The number of carbonyl (C=O) groups excluding carboxylic acids is 1. The zero-order chi connectivity index (χ0) is 14.0. The van der Waals surface area contributed by atoms with E-state index in [9.17, 15) is 4.79 Å². The number of anilines is 2. The monoisotopic (exact) mass is 255 g/mol. The van der Waals surface area contributed by atoms with Gasteiger partial charge in [-0.25, -0.2) is 0 Å². The van der Waals surface area contributed by atoms with Crippen molar-refractivity contribution in [2.75, 3.05) is 11.1 Å². The average Bonchev–Trinajstić information content (AvgIpc) is 2.37. The van der Waals surface area contributed by atoms with Gasteiger partial charge < -0.3 is 11.1 Å².